The summed E-state index contributed by atoms with van der Waals surface area (Å²) >= 11 is 0. The number of terminal acetylenes is 1. The first-order valence-electron chi connectivity index (χ1n) is 4.85. The lowest BCUT2D eigenvalue weighted by Crippen LogP contribution is -2.26. The van der Waals surface area contributed by atoms with Crippen LogP contribution in [0.15, 0.2) is 10.5 Å². The number of hydrogen-bond acceptors (Lipinski definition) is 2. The lowest BCUT2D eigenvalue weighted by atomic mass is 9.90. The van der Waals surface area contributed by atoms with Gasteiger partial charge in [0.05, 0.1) is 0 Å². The zero-order chi connectivity index (χ0) is 10.3. The van der Waals surface area contributed by atoms with E-state index in [-0.39, 0.29) is 5.92 Å². The van der Waals surface area contributed by atoms with Crippen LogP contribution in [-0.4, -0.2) is 5.11 Å². The normalized spacial score (nSPS) is 20.1. The molecule has 1 saturated carbocycles. The molecule has 1 aromatic heterocycles. The Balaban J connectivity index is 2.46. The Morgan fingerprint density at radius 1 is 1.57 bits per heavy atom. The molecule has 1 unspecified atom stereocenters. The van der Waals surface area contributed by atoms with Gasteiger partial charge >= 0.3 is 0 Å². The molecule has 0 amide bonds. The molecule has 0 bridgehead atoms. The van der Waals surface area contributed by atoms with Crippen LogP contribution in [0.5, 0.6) is 0 Å². The maximum atomic E-state index is 10.3. The Bertz CT molecular complexity index is 393. The minimum absolute atomic E-state index is 0.211. The molecule has 0 aliphatic heterocycles. The Labute approximate surface area is 83.9 Å². The van der Waals surface area contributed by atoms with E-state index in [1.807, 2.05) is 19.9 Å². The molecule has 14 heavy (non-hydrogen) atoms. The van der Waals surface area contributed by atoms with Gasteiger partial charge in [0.15, 0.2) is 5.60 Å². The standard InChI is InChI=1S/C12H14O2/c1-4-12(13,10-5-6-10)11-7-8(2)14-9(11)3/h1,7,10,13H,5-6H2,2-3H3. The summed E-state index contributed by atoms with van der Waals surface area (Å²) in [5.41, 5.74) is -0.345. The van der Waals surface area contributed by atoms with E-state index < -0.39 is 5.60 Å². The van der Waals surface area contributed by atoms with Crippen LogP contribution in [0.3, 0.4) is 0 Å². The zero-order valence-electron chi connectivity index (χ0n) is 8.50. The second-order valence-corrected chi connectivity index (χ2v) is 4.01. The van der Waals surface area contributed by atoms with Crippen LogP contribution in [0, 0.1) is 32.1 Å². The molecule has 2 nitrogen and oxygen atoms in total. The van der Waals surface area contributed by atoms with Gasteiger partial charge in [0.2, 0.25) is 0 Å². The maximum Gasteiger partial charge on any atom is 0.156 e. The first-order valence-corrected chi connectivity index (χ1v) is 4.85. The topological polar surface area (TPSA) is 33.4 Å². The summed E-state index contributed by atoms with van der Waals surface area (Å²) in [6.45, 7) is 3.70. The molecule has 1 aromatic rings. The van der Waals surface area contributed by atoms with E-state index in [1.54, 1.807) is 0 Å². The van der Waals surface area contributed by atoms with Gasteiger partial charge in [-0.2, -0.15) is 0 Å². The number of rotatable bonds is 2. The average Bonchev–Trinajstić information content (AvgIpc) is 2.92. The van der Waals surface area contributed by atoms with Gasteiger partial charge < -0.3 is 9.52 Å². The molecule has 2 rings (SSSR count). The Hall–Kier alpha value is -1.20. The van der Waals surface area contributed by atoms with Gasteiger partial charge in [-0.1, -0.05) is 5.92 Å². The van der Waals surface area contributed by atoms with Crippen molar-refractivity contribution in [2.45, 2.75) is 32.3 Å². The molecule has 0 aromatic carbocycles. The van der Waals surface area contributed by atoms with E-state index in [1.165, 1.54) is 0 Å². The van der Waals surface area contributed by atoms with Crippen molar-refractivity contribution in [1.82, 2.24) is 0 Å². The Morgan fingerprint density at radius 3 is 2.57 bits per heavy atom. The van der Waals surface area contributed by atoms with Crippen LogP contribution in [-0.2, 0) is 5.60 Å². The van der Waals surface area contributed by atoms with Gasteiger partial charge in [0.1, 0.15) is 11.5 Å². The summed E-state index contributed by atoms with van der Waals surface area (Å²) in [6.07, 6.45) is 7.43. The predicted molar refractivity (Wildman–Crippen MR) is 53.6 cm³/mol. The van der Waals surface area contributed by atoms with Crippen molar-refractivity contribution in [3.63, 3.8) is 0 Å². The zero-order valence-corrected chi connectivity index (χ0v) is 8.50. The summed E-state index contributed by atoms with van der Waals surface area (Å²) in [5.74, 6) is 4.25. The minimum Gasteiger partial charge on any atom is -0.466 e. The number of aryl methyl sites for hydroxylation is 2. The van der Waals surface area contributed by atoms with Gasteiger partial charge in [0.25, 0.3) is 0 Å². The first-order chi connectivity index (χ1) is 6.58. The molecule has 1 heterocycles. The van der Waals surface area contributed by atoms with E-state index in [9.17, 15) is 5.11 Å². The van der Waals surface area contributed by atoms with Gasteiger partial charge in [-0.05, 0) is 32.8 Å². The van der Waals surface area contributed by atoms with E-state index in [0.717, 1.165) is 29.9 Å². The van der Waals surface area contributed by atoms with Crippen LogP contribution in [0.1, 0.15) is 29.9 Å². The van der Waals surface area contributed by atoms with Crippen molar-refractivity contribution in [3.05, 3.63) is 23.2 Å². The molecule has 2 heteroatoms. The van der Waals surface area contributed by atoms with Gasteiger partial charge in [-0.3, -0.25) is 0 Å². The molecule has 1 aliphatic carbocycles. The van der Waals surface area contributed by atoms with Gasteiger partial charge in [-0.25, -0.2) is 0 Å². The fourth-order valence-electron chi connectivity index (χ4n) is 1.93. The molecule has 0 spiro atoms. The second-order valence-electron chi connectivity index (χ2n) is 4.01. The molecule has 1 atom stereocenters. The summed E-state index contributed by atoms with van der Waals surface area (Å²) in [6, 6.07) is 1.84. The summed E-state index contributed by atoms with van der Waals surface area (Å²) in [5, 5.41) is 10.3. The predicted octanol–water partition coefficient (Wildman–Crippen LogP) is 2.13. The third-order valence-corrected chi connectivity index (χ3v) is 2.84. The number of aliphatic hydroxyl groups is 1. The lowest BCUT2D eigenvalue weighted by molar-refractivity contribution is 0.0743. The number of hydrogen-bond donors (Lipinski definition) is 1. The van der Waals surface area contributed by atoms with Gasteiger partial charge in [0, 0.05) is 11.5 Å². The van der Waals surface area contributed by atoms with E-state index in [0.29, 0.717) is 0 Å². The summed E-state index contributed by atoms with van der Waals surface area (Å²) in [7, 11) is 0. The molecule has 1 fully saturated rings. The van der Waals surface area contributed by atoms with Crippen molar-refractivity contribution in [2.75, 3.05) is 0 Å². The van der Waals surface area contributed by atoms with Crippen molar-refractivity contribution < 1.29 is 9.52 Å². The van der Waals surface area contributed by atoms with E-state index in [2.05, 4.69) is 5.92 Å². The third kappa shape index (κ3) is 1.25. The largest absolute Gasteiger partial charge is 0.466 e. The summed E-state index contributed by atoms with van der Waals surface area (Å²) in [4.78, 5) is 0. The Morgan fingerprint density at radius 2 is 2.21 bits per heavy atom. The molecular formula is C12H14O2. The monoisotopic (exact) mass is 190 g/mol. The third-order valence-electron chi connectivity index (χ3n) is 2.84. The average molecular weight is 190 g/mol. The second kappa shape index (κ2) is 2.90. The van der Waals surface area contributed by atoms with Crippen LogP contribution < -0.4 is 0 Å². The molecular weight excluding hydrogens is 176 g/mol. The molecule has 0 radical (unpaired) electrons. The van der Waals surface area contributed by atoms with Crippen molar-refractivity contribution in [2.24, 2.45) is 5.92 Å². The van der Waals surface area contributed by atoms with Crippen molar-refractivity contribution >= 4 is 0 Å². The highest BCUT2D eigenvalue weighted by Crippen LogP contribution is 2.46. The van der Waals surface area contributed by atoms with Crippen LogP contribution in [0.2, 0.25) is 0 Å². The van der Waals surface area contributed by atoms with E-state index in [4.69, 9.17) is 10.8 Å². The summed E-state index contributed by atoms with van der Waals surface area (Å²) < 4.78 is 5.38. The SMILES string of the molecule is C#CC(O)(c1cc(C)oc1C)C1CC1. The van der Waals surface area contributed by atoms with E-state index >= 15 is 0 Å². The number of furan rings is 1. The quantitative estimate of drug-likeness (QED) is 0.725. The molecule has 74 valence electrons. The van der Waals surface area contributed by atoms with Crippen molar-refractivity contribution in [1.29, 1.82) is 0 Å². The maximum absolute atomic E-state index is 10.3. The first kappa shape index (κ1) is 9.36. The fraction of sp³-hybridized carbons (Fsp3) is 0.500. The van der Waals surface area contributed by atoms with Crippen LogP contribution in [0.25, 0.3) is 0 Å². The smallest absolute Gasteiger partial charge is 0.156 e. The molecule has 1 aliphatic rings. The van der Waals surface area contributed by atoms with Gasteiger partial charge in [-0.15, -0.1) is 6.42 Å². The van der Waals surface area contributed by atoms with Crippen LogP contribution >= 0.6 is 0 Å². The van der Waals surface area contributed by atoms with Crippen LogP contribution in [0.4, 0.5) is 0 Å². The highest BCUT2D eigenvalue weighted by molar-refractivity contribution is 5.36. The fourth-order valence-corrected chi connectivity index (χ4v) is 1.93. The lowest BCUT2D eigenvalue weighted by Gasteiger charge is -2.20. The van der Waals surface area contributed by atoms with Crippen molar-refractivity contribution in [3.8, 4) is 12.3 Å². The minimum atomic E-state index is -1.11. The highest BCUT2D eigenvalue weighted by atomic mass is 16.3. The molecule has 1 N–H and O–H groups in total. The Kier molecular flexibility index (Phi) is 1.94. The highest BCUT2D eigenvalue weighted by Gasteiger charge is 2.45. The molecule has 0 saturated heterocycles.